The van der Waals surface area contributed by atoms with Gasteiger partial charge < -0.3 is 0 Å². The highest BCUT2D eigenvalue weighted by atomic mass is 32.2. The van der Waals surface area contributed by atoms with Crippen LogP contribution in [0.3, 0.4) is 0 Å². The van der Waals surface area contributed by atoms with Crippen molar-refractivity contribution in [3.63, 3.8) is 0 Å². The van der Waals surface area contributed by atoms with Crippen LogP contribution < -0.4 is 0 Å². The van der Waals surface area contributed by atoms with Crippen molar-refractivity contribution in [2.75, 3.05) is 6.35 Å². The molecule has 1 rings (SSSR count). The molecule has 0 amide bonds. The maximum atomic E-state index is 11.4. The predicted molar refractivity (Wildman–Crippen MR) is 54.1 cm³/mol. The van der Waals surface area contributed by atoms with E-state index in [2.05, 4.69) is 4.18 Å². The van der Waals surface area contributed by atoms with Crippen LogP contribution in [0.2, 0.25) is 0 Å². The van der Waals surface area contributed by atoms with E-state index in [-0.39, 0.29) is 4.90 Å². The molecule has 0 bridgehead atoms. The highest BCUT2D eigenvalue weighted by Crippen LogP contribution is 2.19. The van der Waals surface area contributed by atoms with Gasteiger partial charge in [-0.25, -0.2) is 4.18 Å². The second kappa shape index (κ2) is 4.81. The summed E-state index contributed by atoms with van der Waals surface area (Å²) in [6, 6.07) is 6.01. The summed E-state index contributed by atoms with van der Waals surface area (Å²) >= 11 is 0. The fraction of sp³-hybridized carbons (Fsp3) is 0.250. The van der Waals surface area contributed by atoms with Crippen molar-refractivity contribution in [1.29, 1.82) is 0 Å². The molecule has 0 aliphatic carbocycles. The fourth-order valence-corrected chi connectivity index (χ4v) is 2.41. The lowest BCUT2D eigenvalue weighted by Crippen LogP contribution is -2.05. The molecule has 0 heterocycles. The SMILES string of the molecule is Cc1ccc(S(=O)(=O)OC[P+](=O)O)cc1. The zero-order chi connectivity index (χ0) is 11.5. The third-order valence-electron chi connectivity index (χ3n) is 1.63. The summed E-state index contributed by atoms with van der Waals surface area (Å²) in [5.74, 6) is 0. The maximum absolute atomic E-state index is 11.4. The lowest BCUT2D eigenvalue weighted by Gasteiger charge is -2.00. The van der Waals surface area contributed by atoms with E-state index < -0.39 is 24.5 Å². The van der Waals surface area contributed by atoms with Crippen LogP contribution in [0.4, 0.5) is 0 Å². The van der Waals surface area contributed by atoms with Crippen molar-refractivity contribution in [1.82, 2.24) is 0 Å². The molecule has 1 atom stereocenters. The topological polar surface area (TPSA) is 80.7 Å². The van der Waals surface area contributed by atoms with Crippen LogP contribution in [0, 0.1) is 6.92 Å². The van der Waals surface area contributed by atoms with Gasteiger partial charge in [-0.15, -0.1) is 0 Å². The third kappa shape index (κ3) is 3.68. The normalized spacial score (nSPS) is 12.5. The van der Waals surface area contributed by atoms with E-state index in [0.717, 1.165) is 5.56 Å². The molecule has 0 aliphatic rings. The van der Waals surface area contributed by atoms with Gasteiger partial charge in [-0.3, -0.25) is 0 Å². The van der Waals surface area contributed by atoms with Gasteiger partial charge >= 0.3 is 18.1 Å². The molecule has 15 heavy (non-hydrogen) atoms. The summed E-state index contributed by atoms with van der Waals surface area (Å²) in [6.07, 6.45) is -0.717. The van der Waals surface area contributed by atoms with E-state index in [4.69, 9.17) is 4.89 Å². The van der Waals surface area contributed by atoms with E-state index in [1.807, 2.05) is 6.92 Å². The van der Waals surface area contributed by atoms with Gasteiger partial charge in [0.15, 0.2) is 0 Å². The fourth-order valence-electron chi connectivity index (χ4n) is 0.887. The van der Waals surface area contributed by atoms with Crippen molar-refractivity contribution in [3.05, 3.63) is 29.8 Å². The molecule has 0 radical (unpaired) electrons. The average Bonchev–Trinajstić information content (AvgIpc) is 2.16. The van der Waals surface area contributed by atoms with E-state index in [1.165, 1.54) is 12.1 Å². The highest BCUT2D eigenvalue weighted by molar-refractivity contribution is 7.87. The van der Waals surface area contributed by atoms with E-state index >= 15 is 0 Å². The van der Waals surface area contributed by atoms with Crippen molar-refractivity contribution in [3.8, 4) is 0 Å². The average molecular weight is 249 g/mol. The van der Waals surface area contributed by atoms with Crippen LogP contribution in [-0.4, -0.2) is 19.7 Å². The van der Waals surface area contributed by atoms with Crippen LogP contribution in [0.1, 0.15) is 5.56 Å². The molecule has 0 saturated heterocycles. The molecule has 1 aromatic carbocycles. The monoisotopic (exact) mass is 249 g/mol. The molecule has 0 aromatic heterocycles. The molecule has 0 saturated carbocycles. The van der Waals surface area contributed by atoms with Crippen molar-refractivity contribution >= 4 is 18.1 Å². The minimum atomic E-state index is -3.92. The van der Waals surface area contributed by atoms with E-state index in [9.17, 15) is 13.0 Å². The Balaban J connectivity index is 2.87. The van der Waals surface area contributed by atoms with Gasteiger partial charge in [0, 0.05) is 0 Å². The Hall–Kier alpha value is -0.810. The number of hydrogen-bond donors (Lipinski definition) is 1. The first kappa shape index (κ1) is 12.3. The summed E-state index contributed by atoms with van der Waals surface area (Å²) in [4.78, 5) is 8.40. The second-order valence-electron chi connectivity index (χ2n) is 2.87. The number of aryl methyl sites for hydroxylation is 1. The molecule has 82 valence electrons. The molecular weight excluding hydrogens is 239 g/mol. The lowest BCUT2D eigenvalue weighted by molar-refractivity contribution is 0.355. The van der Waals surface area contributed by atoms with Crippen LogP contribution in [0.5, 0.6) is 0 Å². The predicted octanol–water partition coefficient (Wildman–Crippen LogP) is 1.39. The van der Waals surface area contributed by atoms with E-state index in [1.54, 1.807) is 12.1 Å². The molecule has 0 aliphatic heterocycles. The van der Waals surface area contributed by atoms with Crippen molar-refractivity contribution in [2.24, 2.45) is 0 Å². The summed E-state index contributed by atoms with van der Waals surface area (Å²) in [5, 5.41) is 0. The van der Waals surface area contributed by atoms with Crippen molar-refractivity contribution < 1.29 is 22.1 Å². The van der Waals surface area contributed by atoms with Crippen LogP contribution in [0.15, 0.2) is 29.2 Å². The molecule has 0 fully saturated rings. The van der Waals surface area contributed by atoms with Gasteiger partial charge in [-0.05, 0) is 23.6 Å². The summed E-state index contributed by atoms with van der Waals surface area (Å²) in [6.45, 7) is 1.82. The Kier molecular flexibility index (Phi) is 3.93. The maximum Gasteiger partial charge on any atom is 0.535 e. The number of rotatable bonds is 4. The smallest absolute Gasteiger partial charge is 0.213 e. The standard InChI is InChI=1S/C8H9O5PS/c1-7-2-4-8(5-3-7)15(11,12)13-6-14(9)10/h2-5H,6H2,1H3/p+1. The second-order valence-corrected chi connectivity index (χ2v) is 5.44. The first-order chi connectivity index (χ1) is 6.92. The number of hydrogen-bond acceptors (Lipinski definition) is 4. The third-order valence-corrected chi connectivity index (χ3v) is 3.43. The molecular formula is C8H10O5PS+. The first-order valence-electron chi connectivity index (χ1n) is 4.01. The van der Waals surface area contributed by atoms with Gasteiger partial charge in [0.1, 0.15) is 0 Å². The van der Waals surface area contributed by atoms with Gasteiger partial charge in [0.2, 0.25) is 0 Å². The summed E-state index contributed by atoms with van der Waals surface area (Å²) in [5.41, 5.74) is 0.919. The van der Waals surface area contributed by atoms with Gasteiger partial charge in [-0.2, -0.15) is 13.3 Å². The van der Waals surface area contributed by atoms with Crippen LogP contribution >= 0.6 is 8.03 Å². The highest BCUT2D eigenvalue weighted by Gasteiger charge is 2.21. The first-order valence-corrected chi connectivity index (χ1v) is 6.82. The Morgan fingerprint density at radius 3 is 2.33 bits per heavy atom. The number of benzene rings is 1. The van der Waals surface area contributed by atoms with Crippen LogP contribution in [0.25, 0.3) is 0 Å². The molecule has 1 unspecified atom stereocenters. The zero-order valence-corrected chi connectivity index (χ0v) is 9.66. The minimum absolute atomic E-state index is 0.0232. The quantitative estimate of drug-likeness (QED) is 0.644. The minimum Gasteiger partial charge on any atom is -0.213 e. The summed E-state index contributed by atoms with van der Waals surface area (Å²) in [7, 11) is -6.53. The van der Waals surface area contributed by atoms with Crippen LogP contribution in [-0.2, 0) is 18.9 Å². The molecule has 1 N–H and O–H groups in total. The molecule has 0 spiro atoms. The lowest BCUT2D eigenvalue weighted by atomic mass is 10.2. The Morgan fingerprint density at radius 2 is 1.87 bits per heavy atom. The molecule has 7 heteroatoms. The Bertz CT molecular complexity index is 450. The molecule has 5 nitrogen and oxygen atoms in total. The summed E-state index contributed by atoms with van der Waals surface area (Å²) < 4.78 is 37.4. The molecule has 1 aromatic rings. The van der Waals surface area contributed by atoms with Gasteiger partial charge in [-0.1, -0.05) is 17.7 Å². The van der Waals surface area contributed by atoms with Crippen molar-refractivity contribution in [2.45, 2.75) is 11.8 Å². The van der Waals surface area contributed by atoms with Gasteiger partial charge in [0.25, 0.3) is 6.35 Å². The largest absolute Gasteiger partial charge is 0.535 e. The van der Waals surface area contributed by atoms with E-state index in [0.29, 0.717) is 0 Å². The Labute approximate surface area is 88.7 Å². The zero-order valence-electron chi connectivity index (χ0n) is 7.95. The van der Waals surface area contributed by atoms with Gasteiger partial charge in [0.05, 0.1) is 4.90 Å². The Morgan fingerprint density at radius 1 is 1.33 bits per heavy atom.